The highest BCUT2D eigenvalue weighted by Gasteiger charge is 2.13. The van der Waals surface area contributed by atoms with E-state index in [9.17, 15) is 13.2 Å². The lowest BCUT2D eigenvalue weighted by Gasteiger charge is -2.21. The van der Waals surface area contributed by atoms with Gasteiger partial charge >= 0.3 is 0 Å². The fraction of sp³-hybridized carbons (Fsp3) is 0.500. The molecule has 0 saturated carbocycles. The molecular weight excluding hydrogens is 276 g/mol. The van der Waals surface area contributed by atoms with Crippen LogP contribution in [-0.2, 0) is 14.8 Å². The number of hydrogen-bond acceptors (Lipinski definition) is 3. The molecule has 0 fully saturated rings. The standard InChI is InChI=1S/C14H22N2O3S/c1-4-10-20(18,19)15-8-9-16(13(3)17)14-7-5-6-12(2)11-14/h5-7,11,15H,4,8-10H2,1-3H3. The fourth-order valence-electron chi connectivity index (χ4n) is 1.92. The molecule has 112 valence electrons. The summed E-state index contributed by atoms with van der Waals surface area (Å²) in [6.45, 7) is 5.78. The van der Waals surface area contributed by atoms with E-state index in [1.165, 1.54) is 6.92 Å². The average Bonchev–Trinajstić information content (AvgIpc) is 2.34. The second kappa shape index (κ2) is 7.40. The van der Waals surface area contributed by atoms with Gasteiger partial charge in [-0.3, -0.25) is 4.79 Å². The highest BCUT2D eigenvalue weighted by molar-refractivity contribution is 7.89. The predicted molar refractivity (Wildman–Crippen MR) is 81.3 cm³/mol. The molecule has 1 N–H and O–H groups in total. The van der Waals surface area contributed by atoms with Gasteiger partial charge in [0.1, 0.15) is 0 Å². The highest BCUT2D eigenvalue weighted by atomic mass is 32.2. The van der Waals surface area contributed by atoms with Crippen molar-refractivity contribution in [1.82, 2.24) is 4.72 Å². The number of aryl methyl sites for hydroxylation is 1. The van der Waals surface area contributed by atoms with Gasteiger partial charge in [-0.2, -0.15) is 0 Å². The van der Waals surface area contributed by atoms with Crippen molar-refractivity contribution in [2.45, 2.75) is 27.2 Å². The van der Waals surface area contributed by atoms with Crippen molar-refractivity contribution in [3.8, 4) is 0 Å². The zero-order chi connectivity index (χ0) is 15.2. The van der Waals surface area contributed by atoms with Gasteiger partial charge in [-0.1, -0.05) is 19.1 Å². The van der Waals surface area contributed by atoms with E-state index in [2.05, 4.69) is 4.72 Å². The van der Waals surface area contributed by atoms with E-state index < -0.39 is 10.0 Å². The lowest BCUT2D eigenvalue weighted by molar-refractivity contribution is -0.116. The van der Waals surface area contributed by atoms with Crippen LogP contribution in [0.15, 0.2) is 24.3 Å². The van der Waals surface area contributed by atoms with Crippen molar-refractivity contribution in [2.24, 2.45) is 0 Å². The SMILES string of the molecule is CCCS(=O)(=O)NCCN(C(C)=O)c1cccc(C)c1. The number of anilines is 1. The quantitative estimate of drug-likeness (QED) is 0.833. The zero-order valence-corrected chi connectivity index (χ0v) is 13.0. The molecule has 1 amide bonds. The smallest absolute Gasteiger partial charge is 0.223 e. The molecule has 0 radical (unpaired) electrons. The van der Waals surface area contributed by atoms with Gasteiger partial charge in [0.15, 0.2) is 0 Å². The van der Waals surface area contributed by atoms with Crippen molar-refractivity contribution in [2.75, 3.05) is 23.7 Å². The Kier molecular flexibility index (Phi) is 6.16. The van der Waals surface area contributed by atoms with E-state index >= 15 is 0 Å². The van der Waals surface area contributed by atoms with Crippen molar-refractivity contribution >= 4 is 21.6 Å². The van der Waals surface area contributed by atoms with Crippen LogP contribution in [0.3, 0.4) is 0 Å². The molecule has 0 aromatic heterocycles. The van der Waals surface area contributed by atoms with Gasteiger partial charge in [0.25, 0.3) is 0 Å². The summed E-state index contributed by atoms with van der Waals surface area (Å²) >= 11 is 0. The van der Waals surface area contributed by atoms with E-state index in [1.807, 2.05) is 38.1 Å². The first-order valence-corrected chi connectivity index (χ1v) is 8.33. The number of rotatable bonds is 7. The minimum Gasteiger partial charge on any atom is -0.311 e. The Morgan fingerprint density at radius 3 is 2.60 bits per heavy atom. The van der Waals surface area contributed by atoms with Crippen LogP contribution in [0.2, 0.25) is 0 Å². The predicted octanol–water partition coefficient (Wildman–Crippen LogP) is 1.68. The third-order valence-corrected chi connectivity index (χ3v) is 4.41. The maximum absolute atomic E-state index is 11.7. The number of nitrogens with one attached hydrogen (secondary N) is 1. The third-order valence-electron chi connectivity index (χ3n) is 2.82. The van der Waals surface area contributed by atoms with Crippen molar-refractivity contribution < 1.29 is 13.2 Å². The number of carbonyl (C=O) groups excluding carboxylic acids is 1. The van der Waals surface area contributed by atoms with Crippen LogP contribution in [0.1, 0.15) is 25.8 Å². The normalized spacial score (nSPS) is 11.3. The molecule has 1 aromatic rings. The number of hydrogen-bond donors (Lipinski definition) is 1. The highest BCUT2D eigenvalue weighted by Crippen LogP contribution is 2.15. The molecule has 6 heteroatoms. The van der Waals surface area contributed by atoms with Gasteiger partial charge in [0.2, 0.25) is 15.9 Å². The minimum absolute atomic E-state index is 0.106. The van der Waals surface area contributed by atoms with E-state index in [0.29, 0.717) is 13.0 Å². The third kappa shape index (κ3) is 5.30. The van der Waals surface area contributed by atoms with Gasteiger partial charge in [-0.25, -0.2) is 13.1 Å². The summed E-state index contributed by atoms with van der Waals surface area (Å²) in [4.78, 5) is 13.3. The molecule has 0 aliphatic carbocycles. The molecule has 0 spiro atoms. The molecule has 0 atom stereocenters. The maximum atomic E-state index is 11.7. The van der Waals surface area contributed by atoms with Crippen LogP contribution in [0, 0.1) is 6.92 Å². The van der Waals surface area contributed by atoms with Crippen LogP contribution in [-0.4, -0.2) is 33.2 Å². The molecule has 0 heterocycles. The Morgan fingerprint density at radius 2 is 2.05 bits per heavy atom. The number of amides is 1. The molecule has 0 saturated heterocycles. The van der Waals surface area contributed by atoms with Crippen LogP contribution in [0.25, 0.3) is 0 Å². The Bertz CT molecular complexity index is 555. The van der Waals surface area contributed by atoms with Crippen LogP contribution in [0.4, 0.5) is 5.69 Å². The topological polar surface area (TPSA) is 66.5 Å². The Balaban J connectivity index is 2.68. The van der Waals surface area contributed by atoms with Gasteiger partial charge < -0.3 is 4.90 Å². The molecular formula is C14H22N2O3S. The van der Waals surface area contributed by atoms with Gasteiger partial charge in [-0.15, -0.1) is 0 Å². The van der Waals surface area contributed by atoms with Crippen LogP contribution in [0.5, 0.6) is 0 Å². The van der Waals surface area contributed by atoms with E-state index in [0.717, 1.165) is 11.3 Å². The summed E-state index contributed by atoms with van der Waals surface area (Å²) in [5, 5.41) is 0. The lowest BCUT2D eigenvalue weighted by atomic mass is 10.2. The monoisotopic (exact) mass is 298 g/mol. The van der Waals surface area contributed by atoms with Crippen LogP contribution >= 0.6 is 0 Å². The average molecular weight is 298 g/mol. The summed E-state index contributed by atoms with van der Waals surface area (Å²) in [6, 6.07) is 7.57. The summed E-state index contributed by atoms with van der Waals surface area (Å²) in [7, 11) is -3.23. The molecule has 1 rings (SSSR count). The Morgan fingerprint density at radius 1 is 1.35 bits per heavy atom. The molecule has 0 bridgehead atoms. The minimum atomic E-state index is -3.23. The van der Waals surface area contributed by atoms with E-state index in [4.69, 9.17) is 0 Å². The molecule has 1 aromatic carbocycles. The lowest BCUT2D eigenvalue weighted by Crippen LogP contribution is -2.38. The Labute approximate surface area is 121 Å². The van der Waals surface area contributed by atoms with Gasteiger partial charge in [-0.05, 0) is 31.0 Å². The summed E-state index contributed by atoms with van der Waals surface area (Å²) in [5.41, 5.74) is 1.84. The number of benzene rings is 1. The first-order valence-electron chi connectivity index (χ1n) is 6.68. The van der Waals surface area contributed by atoms with Gasteiger partial charge in [0.05, 0.1) is 5.75 Å². The maximum Gasteiger partial charge on any atom is 0.223 e. The van der Waals surface area contributed by atoms with Crippen molar-refractivity contribution in [3.05, 3.63) is 29.8 Å². The second-order valence-corrected chi connectivity index (χ2v) is 6.65. The summed E-state index contributed by atoms with van der Waals surface area (Å²) < 4.78 is 25.6. The zero-order valence-electron chi connectivity index (χ0n) is 12.2. The van der Waals surface area contributed by atoms with Crippen molar-refractivity contribution in [1.29, 1.82) is 0 Å². The van der Waals surface area contributed by atoms with Crippen LogP contribution < -0.4 is 9.62 Å². The number of carbonyl (C=O) groups is 1. The van der Waals surface area contributed by atoms with E-state index in [1.54, 1.807) is 4.90 Å². The number of nitrogens with zero attached hydrogens (tertiary/aromatic N) is 1. The fourth-order valence-corrected chi connectivity index (χ4v) is 3.00. The molecule has 0 aliphatic rings. The summed E-state index contributed by atoms with van der Waals surface area (Å²) in [6.07, 6.45) is 0.573. The molecule has 0 unspecified atom stereocenters. The van der Waals surface area contributed by atoms with E-state index in [-0.39, 0.29) is 18.2 Å². The molecule has 20 heavy (non-hydrogen) atoms. The molecule has 5 nitrogen and oxygen atoms in total. The van der Waals surface area contributed by atoms with Gasteiger partial charge in [0, 0.05) is 25.7 Å². The van der Waals surface area contributed by atoms with Crippen molar-refractivity contribution in [3.63, 3.8) is 0 Å². The molecule has 0 aliphatic heterocycles. The first kappa shape index (κ1) is 16.7. The Hall–Kier alpha value is -1.40. The first-order chi connectivity index (χ1) is 9.35. The number of sulfonamides is 1. The summed E-state index contributed by atoms with van der Waals surface area (Å²) in [5.74, 6) is 0.00243. The largest absolute Gasteiger partial charge is 0.311 e. The second-order valence-electron chi connectivity index (χ2n) is 4.72.